The van der Waals surface area contributed by atoms with Crippen molar-refractivity contribution in [2.45, 2.75) is 58.2 Å². The smallest absolute Gasteiger partial charge is 0.0938 e. The van der Waals surface area contributed by atoms with Gasteiger partial charge in [0.2, 0.25) is 0 Å². The molecule has 1 saturated heterocycles. The van der Waals surface area contributed by atoms with E-state index in [0.717, 1.165) is 25.6 Å². The van der Waals surface area contributed by atoms with Crippen molar-refractivity contribution in [3.8, 4) is 0 Å². The maximum Gasteiger partial charge on any atom is 0.0938 e. The molecule has 1 aliphatic carbocycles. The van der Waals surface area contributed by atoms with E-state index in [1.165, 1.54) is 32.1 Å². The molecule has 0 amide bonds. The SMILES string of the molecule is CCCNCC1(CN2CC(O)C(O)C2)CCC(C)CC1. The molecule has 2 unspecified atom stereocenters. The summed E-state index contributed by atoms with van der Waals surface area (Å²) < 4.78 is 0. The zero-order chi connectivity index (χ0) is 14.6. The van der Waals surface area contributed by atoms with Gasteiger partial charge in [0.05, 0.1) is 12.2 Å². The monoisotopic (exact) mass is 284 g/mol. The molecule has 20 heavy (non-hydrogen) atoms. The van der Waals surface area contributed by atoms with E-state index in [9.17, 15) is 10.2 Å². The molecule has 2 aliphatic rings. The Hall–Kier alpha value is -0.160. The molecule has 0 aromatic carbocycles. The molecule has 1 heterocycles. The number of hydrogen-bond acceptors (Lipinski definition) is 4. The van der Waals surface area contributed by atoms with Crippen LogP contribution in [0, 0.1) is 11.3 Å². The van der Waals surface area contributed by atoms with E-state index in [1.54, 1.807) is 0 Å². The summed E-state index contributed by atoms with van der Waals surface area (Å²) in [5, 5.41) is 23.1. The lowest BCUT2D eigenvalue weighted by Gasteiger charge is -2.42. The van der Waals surface area contributed by atoms with E-state index in [2.05, 4.69) is 24.1 Å². The molecule has 2 atom stereocenters. The van der Waals surface area contributed by atoms with Crippen molar-refractivity contribution >= 4 is 0 Å². The maximum absolute atomic E-state index is 9.73. The third-order valence-electron chi connectivity index (χ3n) is 5.16. The molecule has 4 nitrogen and oxygen atoms in total. The average molecular weight is 284 g/mol. The van der Waals surface area contributed by atoms with Crippen LogP contribution in [0.1, 0.15) is 46.0 Å². The van der Waals surface area contributed by atoms with E-state index >= 15 is 0 Å². The Balaban J connectivity index is 1.92. The third kappa shape index (κ3) is 4.17. The van der Waals surface area contributed by atoms with Crippen LogP contribution in [-0.2, 0) is 0 Å². The van der Waals surface area contributed by atoms with Gasteiger partial charge in [-0.3, -0.25) is 4.90 Å². The quantitative estimate of drug-likeness (QED) is 0.642. The van der Waals surface area contributed by atoms with Crippen LogP contribution in [0.25, 0.3) is 0 Å². The van der Waals surface area contributed by atoms with Gasteiger partial charge in [-0.1, -0.05) is 26.7 Å². The Labute approximate surface area is 123 Å². The van der Waals surface area contributed by atoms with Gasteiger partial charge in [-0.25, -0.2) is 0 Å². The maximum atomic E-state index is 9.73. The number of nitrogens with zero attached hydrogens (tertiary/aromatic N) is 1. The summed E-state index contributed by atoms with van der Waals surface area (Å²) in [5.41, 5.74) is 0.339. The third-order valence-corrected chi connectivity index (χ3v) is 5.16. The van der Waals surface area contributed by atoms with Crippen molar-refractivity contribution < 1.29 is 10.2 Å². The Morgan fingerprint density at radius 1 is 1.15 bits per heavy atom. The van der Waals surface area contributed by atoms with Crippen molar-refractivity contribution in [3.63, 3.8) is 0 Å². The van der Waals surface area contributed by atoms with E-state index in [4.69, 9.17) is 0 Å². The van der Waals surface area contributed by atoms with E-state index in [0.29, 0.717) is 18.5 Å². The number of aliphatic hydroxyl groups is 2. The Kier molecular flexibility index (Phi) is 5.84. The highest BCUT2D eigenvalue weighted by atomic mass is 16.3. The molecule has 118 valence electrons. The van der Waals surface area contributed by atoms with Crippen molar-refractivity contribution in [2.24, 2.45) is 11.3 Å². The lowest BCUT2D eigenvalue weighted by Crippen LogP contribution is -2.46. The van der Waals surface area contributed by atoms with Gasteiger partial charge in [0.1, 0.15) is 0 Å². The molecule has 2 rings (SSSR count). The Bertz CT molecular complexity index is 280. The Morgan fingerprint density at radius 3 is 2.30 bits per heavy atom. The van der Waals surface area contributed by atoms with Crippen LogP contribution in [0.15, 0.2) is 0 Å². The average Bonchev–Trinajstić information content (AvgIpc) is 2.72. The number of rotatable bonds is 6. The highest BCUT2D eigenvalue weighted by molar-refractivity contribution is 4.93. The zero-order valence-electron chi connectivity index (χ0n) is 13.1. The molecule has 0 aromatic heterocycles. The first kappa shape index (κ1) is 16.2. The molecule has 0 aromatic rings. The fraction of sp³-hybridized carbons (Fsp3) is 1.00. The predicted octanol–water partition coefficient (Wildman–Crippen LogP) is 1.22. The summed E-state index contributed by atoms with van der Waals surface area (Å²) in [6, 6.07) is 0. The first-order valence-electron chi connectivity index (χ1n) is 8.34. The molecule has 0 radical (unpaired) electrons. The van der Waals surface area contributed by atoms with Gasteiger partial charge in [0.25, 0.3) is 0 Å². The van der Waals surface area contributed by atoms with Crippen LogP contribution < -0.4 is 5.32 Å². The highest BCUT2D eigenvalue weighted by Gasteiger charge is 2.39. The Morgan fingerprint density at radius 2 is 1.75 bits per heavy atom. The fourth-order valence-electron chi connectivity index (χ4n) is 3.75. The summed E-state index contributed by atoms with van der Waals surface area (Å²) in [5.74, 6) is 0.851. The summed E-state index contributed by atoms with van der Waals surface area (Å²) in [6.45, 7) is 9.00. The minimum Gasteiger partial charge on any atom is -0.389 e. The zero-order valence-corrected chi connectivity index (χ0v) is 13.1. The number of hydrogen-bond donors (Lipinski definition) is 3. The van der Waals surface area contributed by atoms with Crippen molar-refractivity contribution in [1.29, 1.82) is 0 Å². The molecule has 2 fully saturated rings. The first-order valence-corrected chi connectivity index (χ1v) is 8.34. The molecule has 1 saturated carbocycles. The molecule has 0 bridgehead atoms. The van der Waals surface area contributed by atoms with Crippen molar-refractivity contribution in [1.82, 2.24) is 10.2 Å². The minimum atomic E-state index is -0.557. The molecule has 3 N–H and O–H groups in total. The molecule has 1 aliphatic heterocycles. The second-order valence-electron chi connectivity index (χ2n) is 7.19. The second-order valence-corrected chi connectivity index (χ2v) is 7.19. The molecule has 0 spiro atoms. The van der Waals surface area contributed by atoms with Crippen LogP contribution in [0.4, 0.5) is 0 Å². The molecule has 4 heteroatoms. The van der Waals surface area contributed by atoms with Gasteiger partial charge < -0.3 is 15.5 Å². The van der Waals surface area contributed by atoms with Crippen LogP contribution in [0.5, 0.6) is 0 Å². The number of likely N-dealkylation sites (tertiary alicyclic amines) is 1. The number of β-amino-alcohol motifs (C(OH)–C–C–N with tert-alkyl or cyclic N) is 2. The van der Waals surface area contributed by atoms with Gasteiger partial charge in [-0.05, 0) is 37.1 Å². The summed E-state index contributed by atoms with van der Waals surface area (Å²) in [6.07, 6.45) is 5.23. The largest absolute Gasteiger partial charge is 0.389 e. The molecular formula is C16H32N2O2. The van der Waals surface area contributed by atoms with E-state index in [-0.39, 0.29) is 0 Å². The van der Waals surface area contributed by atoms with Crippen LogP contribution in [0.2, 0.25) is 0 Å². The normalized spacial score (nSPS) is 39.3. The standard InChI is InChI=1S/C16H32N2O2/c1-3-8-17-11-16(6-4-13(2)5-7-16)12-18-9-14(19)15(20)10-18/h13-15,17,19-20H,3-12H2,1-2H3. The van der Waals surface area contributed by atoms with Gasteiger partial charge in [0, 0.05) is 26.2 Å². The number of nitrogens with one attached hydrogen (secondary N) is 1. The highest BCUT2D eigenvalue weighted by Crippen LogP contribution is 2.39. The van der Waals surface area contributed by atoms with Crippen LogP contribution >= 0.6 is 0 Å². The summed E-state index contributed by atoms with van der Waals surface area (Å²) in [7, 11) is 0. The summed E-state index contributed by atoms with van der Waals surface area (Å²) in [4.78, 5) is 2.26. The first-order chi connectivity index (χ1) is 9.54. The van der Waals surface area contributed by atoms with Gasteiger partial charge in [-0.2, -0.15) is 0 Å². The summed E-state index contributed by atoms with van der Waals surface area (Å²) >= 11 is 0. The predicted molar refractivity (Wildman–Crippen MR) is 81.7 cm³/mol. The lowest BCUT2D eigenvalue weighted by molar-refractivity contribution is 0.0572. The fourth-order valence-corrected chi connectivity index (χ4v) is 3.75. The molecular weight excluding hydrogens is 252 g/mol. The van der Waals surface area contributed by atoms with Gasteiger partial charge >= 0.3 is 0 Å². The number of aliphatic hydroxyl groups excluding tert-OH is 2. The second kappa shape index (κ2) is 7.21. The van der Waals surface area contributed by atoms with Crippen LogP contribution in [-0.4, -0.2) is 60.0 Å². The van der Waals surface area contributed by atoms with Crippen molar-refractivity contribution in [3.05, 3.63) is 0 Å². The van der Waals surface area contributed by atoms with E-state index in [1.807, 2.05) is 0 Å². The van der Waals surface area contributed by atoms with Gasteiger partial charge in [-0.15, -0.1) is 0 Å². The lowest BCUT2D eigenvalue weighted by atomic mass is 9.70. The van der Waals surface area contributed by atoms with E-state index < -0.39 is 12.2 Å². The minimum absolute atomic E-state index is 0.339. The van der Waals surface area contributed by atoms with Crippen molar-refractivity contribution in [2.75, 3.05) is 32.7 Å². The van der Waals surface area contributed by atoms with Gasteiger partial charge in [0.15, 0.2) is 0 Å². The van der Waals surface area contributed by atoms with Crippen LogP contribution in [0.3, 0.4) is 0 Å². The topological polar surface area (TPSA) is 55.7 Å².